The average molecular weight is 415 g/mol. The fourth-order valence-corrected chi connectivity index (χ4v) is 5.49. The molecule has 2 N–H and O–H groups in total. The van der Waals surface area contributed by atoms with Crippen LogP contribution in [0.25, 0.3) is 21.9 Å². The summed E-state index contributed by atoms with van der Waals surface area (Å²) < 4.78 is 1.87. The van der Waals surface area contributed by atoms with Crippen LogP contribution in [0.5, 0.6) is 0 Å². The summed E-state index contributed by atoms with van der Waals surface area (Å²) in [6.07, 6.45) is 6.23. The Bertz CT molecular complexity index is 1350. The summed E-state index contributed by atoms with van der Waals surface area (Å²) in [5.74, 6) is 0.0948. The van der Waals surface area contributed by atoms with E-state index >= 15 is 0 Å². The summed E-state index contributed by atoms with van der Waals surface area (Å²) in [4.78, 5) is 34.2. The zero-order valence-electron chi connectivity index (χ0n) is 17.5. The summed E-state index contributed by atoms with van der Waals surface area (Å²) in [7, 11) is 0. The van der Waals surface area contributed by atoms with Crippen molar-refractivity contribution in [2.24, 2.45) is 0 Å². The number of imidazole rings is 1. The molecule has 0 saturated carbocycles. The zero-order valence-corrected chi connectivity index (χ0v) is 17.5. The minimum atomic E-state index is -0.0614. The number of nitrogens with zero attached hydrogens (tertiary/aromatic N) is 2. The molecule has 1 aliphatic heterocycles. The number of aromatic nitrogens is 3. The lowest BCUT2D eigenvalue weighted by Crippen LogP contribution is -2.40. The summed E-state index contributed by atoms with van der Waals surface area (Å²) in [5, 5.41) is 1.21. The zero-order chi connectivity index (χ0) is 20.9. The van der Waals surface area contributed by atoms with Crippen molar-refractivity contribution in [3.63, 3.8) is 0 Å². The Morgan fingerprint density at radius 3 is 2.61 bits per heavy atom. The van der Waals surface area contributed by atoms with E-state index in [9.17, 15) is 9.59 Å². The number of hydrogen-bond donors (Lipinski definition) is 2. The summed E-state index contributed by atoms with van der Waals surface area (Å²) in [6.45, 7) is 1.33. The van der Waals surface area contributed by atoms with Gasteiger partial charge in [-0.25, -0.2) is 4.79 Å². The van der Waals surface area contributed by atoms with Crippen molar-refractivity contribution in [3.05, 3.63) is 69.8 Å². The molecule has 1 amide bonds. The van der Waals surface area contributed by atoms with Gasteiger partial charge in [-0.2, -0.15) is 0 Å². The molecular weight excluding hydrogens is 388 g/mol. The molecule has 1 saturated heterocycles. The van der Waals surface area contributed by atoms with Gasteiger partial charge in [-0.1, -0.05) is 12.1 Å². The van der Waals surface area contributed by atoms with Crippen molar-refractivity contribution >= 4 is 27.8 Å². The lowest BCUT2D eigenvalue weighted by Gasteiger charge is -2.32. The van der Waals surface area contributed by atoms with Crippen molar-refractivity contribution in [1.29, 1.82) is 0 Å². The van der Waals surface area contributed by atoms with Gasteiger partial charge in [0.05, 0.1) is 11.0 Å². The summed E-state index contributed by atoms with van der Waals surface area (Å²) in [5.41, 5.74) is 6.40. The first-order chi connectivity index (χ1) is 15.2. The maximum absolute atomic E-state index is 13.2. The van der Waals surface area contributed by atoms with E-state index in [0.717, 1.165) is 47.8 Å². The Labute approximate surface area is 179 Å². The van der Waals surface area contributed by atoms with Gasteiger partial charge in [0.25, 0.3) is 5.91 Å². The lowest BCUT2D eigenvalue weighted by molar-refractivity contribution is 0.0695. The number of rotatable bonds is 2. The second kappa shape index (κ2) is 7.15. The largest absolute Gasteiger partial charge is 0.358 e. The molecule has 0 radical (unpaired) electrons. The Kier molecular flexibility index (Phi) is 4.26. The van der Waals surface area contributed by atoms with Crippen molar-refractivity contribution in [2.75, 3.05) is 13.1 Å². The number of fused-ring (bicyclic) bond motifs is 4. The van der Waals surface area contributed by atoms with E-state index in [1.165, 1.54) is 29.5 Å². The summed E-state index contributed by atoms with van der Waals surface area (Å²) >= 11 is 0. The van der Waals surface area contributed by atoms with Crippen LogP contribution in [0.4, 0.5) is 0 Å². The molecular formula is C25H26N4O2. The van der Waals surface area contributed by atoms with E-state index in [2.05, 4.69) is 22.1 Å². The number of carbonyl (C=O) groups is 1. The molecule has 1 fully saturated rings. The number of benzene rings is 2. The van der Waals surface area contributed by atoms with Gasteiger partial charge in [-0.05, 0) is 74.4 Å². The van der Waals surface area contributed by atoms with Gasteiger partial charge >= 0.3 is 5.69 Å². The maximum atomic E-state index is 13.2. The fourth-order valence-electron chi connectivity index (χ4n) is 5.49. The second-order valence-corrected chi connectivity index (χ2v) is 8.89. The molecule has 0 spiro atoms. The van der Waals surface area contributed by atoms with Crippen molar-refractivity contribution in [1.82, 2.24) is 19.4 Å². The number of nitrogens with one attached hydrogen (secondary N) is 2. The van der Waals surface area contributed by atoms with Gasteiger partial charge in [0.15, 0.2) is 0 Å². The van der Waals surface area contributed by atoms with Crippen LogP contribution in [0.2, 0.25) is 0 Å². The molecule has 2 aromatic carbocycles. The van der Waals surface area contributed by atoms with E-state index in [4.69, 9.17) is 0 Å². The van der Waals surface area contributed by atoms with Gasteiger partial charge < -0.3 is 14.9 Å². The Morgan fingerprint density at radius 2 is 1.74 bits per heavy atom. The Morgan fingerprint density at radius 1 is 0.935 bits per heavy atom. The van der Waals surface area contributed by atoms with E-state index < -0.39 is 0 Å². The van der Waals surface area contributed by atoms with Crippen LogP contribution in [-0.4, -0.2) is 38.4 Å². The van der Waals surface area contributed by atoms with Crippen LogP contribution in [0.1, 0.15) is 53.3 Å². The minimum Gasteiger partial charge on any atom is -0.358 e. The predicted octanol–water partition coefficient (Wildman–Crippen LogP) is 4.17. The number of aryl methyl sites for hydroxylation is 2. The normalized spacial score (nSPS) is 17.4. The number of piperidine rings is 1. The van der Waals surface area contributed by atoms with Crippen LogP contribution in [0, 0.1) is 0 Å². The number of carbonyl (C=O) groups excluding carboxylic acids is 1. The van der Waals surface area contributed by atoms with E-state index in [1.807, 2.05) is 39.8 Å². The van der Waals surface area contributed by atoms with Crippen LogP contribution < -0.4 is 5.69 Å². The molecule has 0 atom stereocenters. The molecule has 2 aromatic heterocycles. The number of likely N-dealkylation sites (tertiary alicyclic amines) is 1. The smallest absolute Gasteiger partial charge is 0.326 e. The number of aromatic amines is 2. The third-order valence-electron chi connectivity index (χ3n) is 7.09. The first kappa shape index (κ1) is 18.5. The van der Waals surface area contributed by atoms with Crippen LogP contribution in [0.15, 0.2) is 47.3 Å². The highest BCUT2D eigenvalue weighted by molar-refractivity contribution is 5.99. The molecule has 31 heavy (non-hydrogen) atoms. The van der Waals surface area contributed by atoms with E-state index in [0.29, 0.717) is 13.1 Å². The second-order valence-electron chi connectivity index (χ2n) is 8.89. The van der Waals surface area contributed by atoms with Gasteiger partial charge in [-0.15, -0.1) is 0 Å². The fraction of sp³-hybridized carbons (Fsp3) is 0.360. The third kappa shape index (κ3) is 3.00. The van der Waals surface area contributed by atoms with E-state index in [-0.39, 0.29) is 17.6 Å². The first-order valence-electron chi connectivity index (χ1n) is 11.3. The van der Waals surface area contributed by atoms with Crippen LogP contribution in [0.3, 0.4) is 0 Å². The first-order valence-corrected chi connectivity index (χ1v) is 11.3. The summed E-state index contributed by atoms with van der Waals surface area (Å²) in [6, 6.07) is 14.0. The molecule has 1 aliphatic carbocycles. The van der Waals surface area contributed by atoms with Crippen LogP contribution in [-0.2, 0) is 12.8 Å². The van der Waals surface area contributed by atoms with Crippen molar-refractivity contribution in [2.45, 2.75) is 44.6 Å². The van der Waals surface area contributed by atoms with Crippen LogP contribution >= 0.6 is 0 Å². The number of amides is 1. The molecule has 0 unspecified atom stereocenters. The minimum absolute atomic E-state index is 0.0614. The molecule has 3 heterocycles. The monoisotopic (exact) mass is 414 g/mol. The topological polar surface area (TPSA) is 73.9 Å². The molecule has 2 aliphatic rings. The van der Waals surface area contributed by atoms with Gasteiger partial charge in [0.1, 0.15) is 0 Å². The predicted molar refractivity (Wildman–Crippen MR) is 122 cm³/mol. The molecule has 158 valence electrons. The average Bonchev–Trinajstić information content (AvgIpc) is 3.35. The highest BCUT2D eigenvalue weighted by Crippen LogP contribution is 2.31. The highest BCUT2D eigenvalue weighted by Gasteiger charge is 2.27. The van der Waals surface area contributed by atoms with Gasteiger partial charge in [-0.3, -0.25) is 9.36 Å². The number of H-pyrrole nitrogens is 2. The Hall–Kier alpha value is -3.28. The molecule has 4 aromatic rings. The molecule has 0 bridgehead atoms. The standard InChI is InChI=1S/C25H26N4O2/c30-24(16-9-10-21-19(15-16)18-5-1-2-6-20(18)26-21)28-13-11-17(12-14-28)29-23-8-4-3-7-22(23)27-25(29)31/h3-4,7-10,15,17,26H,1-2,5-6,11-14H2,(H,27,31). The molecule has 6 nitrogen and oxygen atoms in total. The molecule has 6 heteroatoms. The molecule has 6 rings (SSSR count). The quantitative estimate of drug-likeness (QED) is 0.517. The number of hydrogen-bond acceptors (Lipinski definition) is 2. The maximum Gasteiger partial charge on any atom is 0.326 e. The van der Waals surface area contributed by atoms with Gasteiger partial charge in [0.2, 0.25) is 0 Å². The Balaban J connectivity index is 1.23. The van der Waals surface area contributed by atoms with Crippen molar-refractivity contribution in [3.8, 4) is 0 Å². The third-order valence-corrected chi connectivity index (χ3v) is 7.09. The van der Waals surface area contributed by atoms with E-state index in [1.54, 1.807) is 0 Å². The lowest BCUT2D eigenvalue weighted by atomic mass is 9.95. The van der Waals surface area contributed by atoms with Crippen molar-refractivity contribution < 1.29 is 4.79 Å². The van der Waals surface area contributed by atoms with Gasteiger partial charge in [0, 0.05) is 41.3 Å². The SMILES string of the molecule is O=C(c1ccc2[nH]c3c(c2c1)CCCC3)N1CCC(n2c(=O)[nH]c3ccccc32)CC1. The highest BCUT2D eigenvalue weighted by atomic mass is 16.2. The number of para-hydroxylation sites is 2.